The Morgan fingerprint density at radius 3 is 2.42 bits per heavy atom. The normalized spacial score (nSPS) is 17.6. The first kappa shape index (κ1) is 28.6. The van der Waals surface area contributed by atoms with Crippen molar-refractivity contribution in [1.29, 1.82) is 0 Å². The lowest BCUT2D eigenvalue weighted by Crippen LogP contribution is -2.48. The fraction of sp³-hybridized carbons (Fsp3) is 0.281. The van der Waals surface area contributed by atoms with Crippen LogP contribution in [0.2, 0.25) is 0 Å². The smallest absolute Gasteiger partial charge is 0.407 e. The zero-order valence-corrected chi connectivity index (χ0v) is 24.4. The highest BCUT2D eigenvalue weighted by atomic mass is 32.2. The Kier molecular flexibility index (Phi) is 7.53. The molecule has 3 aromatic carbocycles. The van der Waals surface area contributed by atoms with Crippen LogP contribution < -0.4 is 10.9 Å². The van der Waals surface area contributed by atoms with Gasteiger partial charge in [-0.3, -0.25) is 9.36 Å². The van der Waals surface area contributed by atoms with Crippen molar-refractivity contribution in [1.82, 2.24) is 14.2 Å². The molecule has 0 bridgehead atoms. The van der Waals surface area contributed by atoms with Crippen LogP contribution in [0.25, 0.3) is 10.8 Å². The molecule has 6 rings (SSSR count). The Labute approximate surface area is 248 Å². The van der Waals surface area contributed by atoms with Crippen molar-refractivity contribution in [3.05, 3.63) is 112 Å². The minimum Gasteiger partial charge on any atom is -0.445 e. The Hall–Kier alpha value is -4.48. The van der Waals surface area contributed by atoms with E-state index in [1.807, 2.05) is 36.4 Å². The van der Waals surface area contributed by atoms with Crippen LogP contribution in [-0.2, 0) is 32.8 Å². The highest BCUT2D eigenvalue weighted by Gasteiger charge is 2.62. The van der Waals surface area contributed by atoms with E-state index in [1.54, 1.807) is 37.3 Å². The second-order valence-corrected chi connectivity index (χ2v) is 12.7. The zero-order valence-electron chi connectivity index (χ0n) is 23.6. The molecule has 43 heavy (non-hydrogen) atoms. The summed E-state index contributed by atoms with van der Waals surface area (Å²) in [5.74, 6) is -0.558. The van der Waals surface area contributed by atoms with Crippen LogP contribution in [0.5, 0.6) is 0 Å². The molecule has 1 saturated heterocycles. The van der Waals surface area contributed by atoms with Gasteiger partial charge in [-0.25, -0.2) is 18.0 Å². The molecule has 10 nitrogen and oxygen atoms in total. The van der Waals surface area contributed by atoms with E-state index in [1.165, 1.54) is 27.2 Å². The first-order valence-electron chi connectivity index (χ1n) is 14.1. The molecule has 2 fully saturated rings. The Bertz CT molecular complexity index is 1870. The largest absolute Gasteiger partial charge is 0.445 e. The van der Waals surface area contributed by atoms with Gasteiger partial charge < -0.3 is 14.8 Å². The van der Waals surface area contributed by atoms with Gasteiger partial charge in [-0.05, 0) is 61.6 Å². The van der Waals surface area contributed by atoms with Crippen molar-refractivity contribution in [2.75, 3.05) is 6.54 Å². The molecule has 1 amide bonds. The van der Waals surface area contributed by atoms with E-state index < -0.39 is 33.2 Å². The number of ether oxygens (including phenoxy) is 2. The van der Waals surface area contributed by atoms with Crippen LogP contribution in [0, 0.1) is 6.92 Å². The van der Waals surface area contributed by atoms with Crippen molar-refractivity contribution >= 4 is 32.9 Å². The summed E-state index contributed by atoms with van der Waals surface area (Å²) in [6, 6.07) is 22.1. The summed E-state index contributed by atoms with van der Waals surface area (Å²) in [6.45, 7) is 1.83. The Balaban J connectivity index is 1.19. The third kappa shape index (κ3) is 5.41. The molecule has 1 unspecified atom stereocenters. The van der Waals surface area contributed by atoms with Gasteiger partial charge in [-0.15, -0.1) is 0 Å². The number of nitrogens with zero attached hydrogens (tertiary/aromatic N) is 2. The average molecular weight is 602 g/mol. The van der Waals surface area contributed by atoms with Gasteiger partial charge in [0.2, 0.25) is 10.0 Å². The number of pyridine rings is 1. The number of fused-ring (bicyclic) bond motifs is 1. The van der Waals surface area contributed by atoms with E-state index in [4.69, 9.17) is 9.47 Å². The molecule has 2 heterocycles. The van der Waals surface area contributed by atoms with E-state index in [9.17, 15) is 22.8 Å². The molecule has 2 aliphatic rings. The zero-order chi connectivity index (χ0) is 30.2. The third-order valence-corrected chi connectivity index (χ3v) is 10.3. The molecule has 1 aliphatic carbocycles. The van der Waals surface area contributed by atoms with Crippen molar-refractivity contribution in [2.45, 2.75) is 56.0 Å². The van der Waals surface area contributed by atoms with Crippen molar-refractivity contribution in [2.24, 2.45) is 0 Å². The van der Waals surface area contributed by atoms with Crippen molar-refractivity contribution in [3.8, 4) is 0 Å². The molecule has 1 saturated carbocycles. The number of carbonyl (C=O) groups is 2. The van der Waals surface area contributed by atoms with E-state index in [0.29, 0.717) is 24.8 Å². The summed E-state index contributed by atoms with van der Waals surface area (Å²) in [4.78, 5) is 38.5. The highest BCUT2D eigenvalue weighted by molar-refractivity contribution is 7.89. The van der Waals surface area contributed by atoms with Gasteiger partial charge in [-0.2, -0.15) is 4.31 Å². The topological polar surface area (TPSA) is 124 Å². The van der Waals surface area contributed by atoms with Gasteiger partial charge >= 0.3 is 12.1 Å². The molecule has 1 aliphatic heterocycles. The number of alkyl carbamates (subject to hydrolysis) is 1. The number of aryl methyl sites for hydroxylation is 1. The molecule has 1 N–H and O–H groups in total. The predicted molar refractivity (Wildman–Crippen MR) is 159 cm³/mol. The fourth-order valence-electron chi connectivity index (χ4n) is 5.85. The molecule has 222 valence electrons. The monoisotopic (exact) mass is 601 g/mol. The first-order chi connectivity index (χ1) is 20.7. The summed E-state index contributed by atoms with van der Waals surface area (Å²) in [5, 5.41) is 3.36. The average Bonchev–Trinajstić information content (AvgIpc) is 3.72. The minimum atomic E-state index is -4.02. The molecule has 1 atom stereocenters. The molecular weight excluding hydrogens is 570 g/mol. The summed E-state index contributed by atoms with van der Waals surface area (Å²) in [5.41, 5.74) is 0.807. The Morgan fingerprint density at radius 2 is 1.67 bits per heavy atom. The van der Waals surface area contributed by atoms with Gasteiger partial charge in [-0.1, -0.05) is 54.6 Å². The van der Waals surface area contributed by atoms with Crippen LogP contribution in [0.4, 0.5) is 4.79 Å². The maximum atomic E-state index is 14.0. The lowest BCUT2D eigenvalue weighted by atomic mass is 10.1. The standard InChI is InChI=1S/C32H31N3O7S/c1-22-8-5-6-11-24(22)30(37)42-21-34-18-14-25-26(29(34)36)12-7-13-27(25)43(39,40)35-19-15-28(32(35)16-17-32)33-31(38)41-20-23-9-3-2-4-10-23/h2-14,18,28H,15-17,19-21H2,1H3,(H,33,38). The number of benzene rings is 3. The second-order valence-electron chi connectivity index (χ2n) is 10.9. The minimum absolute atomic E-state index is 0.0183. The van der Waals surface area contributed by atoms with E-state index in [0.717, 1.165) is 11.1 Å². The molecule has 4 aromatic rings. The van der Waals surface area contributed by atoms with E-state index in [2.05, 4.69) is 5.32 Å². The van der Waals surface area contributed by atoms with Crippen LogP contribution in [-0.4, -0.2) is 47.5 Å². The number of nitrogens with one attached hydrogen (secondary N) is 1. The van der Waals surface area contributed by atoms with E-state index in [-0.39, 0.29) is 41.6 Å². The van der Waals surface area contributed by atoms with Gasteiger partial charge in [0.25, 0.3) is 5.56 Å². The molecule has 1 spiro atoms. The second kappa shape index (κ2) is 11.3. The quantitative estimate of drug-likeness (QED) is 0.298. The van der Waals surface area contributed by atoms with Crippen LogP contribution in [0.15, 0.2) is 94.7 Å². The maximum absolute atomic E-state index is 14.0. The SMILES string of the molecule is Cc1ccccc1C(=O)OCn1ccc2c(S(=O)(=O)N3CCC(NC(=O)OCc4ccccc4)C34CC4)cccc2c1=O. The van der Waals surface area contributed by atoms with Crippen molar-refractivity contribution in [3.63, 3.8) is 0 Å². The summed E-state index contributed by atoms with van der Waals surface area (Å²) >= 11 is 0. The number of esters is 1. The Morgan fingerprint density at radius 1 is 0.930 bits per heavy atom. The van der Waals surface area contributed by atoms with Crippen molar-refractivity contribution < 1.29 is 27.5 Å². The number of carbonyl (C=O) groups excluding carboxylic acids is 2. The summed E-state index contributed by atoms with van der Waals surface area (Å²) in [7, 11) is -4.02. The number of hydrogen-bond acceptors (Lipinski definition) is 7. The lowest BCUT2D eigenvalue weighted by molar-refractivity contribution is 0.0366. The molecule has 11 heteroatoms. The third-order valence-electron chi connectivity index (χ3n) is 8.28. The highest BCUT2D eigenvalue weighted by Crippen LogP contribution is 2.52. The van der Waals surface area contributed by atoms with Gasteiger partial charge in [0.15, 0.2) is 6.73 Å². The number of sulfonamides is 1. The van der Waals surface area contributed by atoms with Gasteiger partial charge in [0.1, 0.15) is 6.61 Å². The van der Waals surface area contributed by atoms with Gasteiger partial charge in [0, 0.05) is 23.5 Å². The number of aromatic nitrogens is 1. The molecule has 0 radical (unpaired) electrons. The van der Waals surface area contributed by atoms with E-state index >= 15 is 0 Å². The molecule has 1 aromatic heterocycles. The molecular formula is C32H31N3O7S. The predicted octanol–water partition coefficient (Wildman–Crippen LogP) is 4.35. The number of rotatable bonds is 8. The fourth-order valence-corrected chi connectivity index (χ4v) is 7.93. The summed E-state index contributed by atoms with van der Waals surface area (Å²) < 4.78 is 41.6. The number of hydrogen-bond donors (Lipinski definition) is 1. The van der Waals surface area contributed by atoms with Gasteiger partial charge in [0.05, 0.1) is 22.0 Å². The number of amides is 1. The van der Waals surface area contributed by atoms with Crippen LogP contribution in [0.3, 0.4) is 0 Å². The summed E-state index contributed by atoms with van der Waals surface area (Å²) in [6.07, 6.45) is 2.51. The lowest BCUT2D eigenvalue weighted by Gasteiger charge is -2.28. The maximum Gasteiger partial charge on any atom is 0.407 e. The first-order valence-corrected chi connectivity index (χ1v) is 15.5. The van der Waals surface area contributed by atoms with Crippen LogP contribution in [0.1, 0.15) is 40.7 Å². The van der Waals surface area contributed by atoms with Crippen LogP contribution >= 0.6 is 0 Å².